The van der Waals surface area contributed by atoms with Crippen molar-refractivity contribution in [1.29, 1.82) is 0 Å². The fraction of sp³-hybridized carbons (Fsp3) is 0.278. The molecule has 1 aliphatic heterocycles. The minimum atomic E-state index is 0.589. The number of nitrogens with one attached hydrogen (secondary N) is 1. The topological polar surface area (TPSA) is 33.6 Å². The summed E-state index contributed by atoms with van der Waals surface area (Å²) < 4.78 is 5.95. The van der Waals surface area contributed by atoms with Crippen LogP contribution in [0.5, 0.6) is 5.75 Å². The molecule has 0 aromatic heterocycles. The normalized spacial score (nSPS) is 13.9. The lowest BCUT2D eigenvalue weighted by molar-refractivity contribution is 0.304. The average molecular weight is 280 g/mol. The number of amidine groups is 1. The monoisotopic (exact) mass is 280 g/mol. The van der Waals surface area contributed by atoms with Gasteiger partial charge in [0.05, 0.1) is 0 Å². The van der Waals surface area contributed by atoms with Crippen LogP contribution in [-0.2, 0) is 6.61 Å². The third-order valence-corrected chi connectivity index (χ3v) is 3.67. The summed E-state index contributed by atoms with van der Waals surface area (Å²) in [6.45, 7) is 3.61. The van der Waals surface area contributed by atoms with E-state index in [-0.39, 0.29) is 0 Å². The smallest absolute Gasteiger partial charge is 0.124 e. The highest BCUT2D eigenvalue weighted by Crippen LogP contribution is 2.27. The Morgan fingerprint density at radius 2 is 1.95 bits per heavy atom. The van der Waals surface area contributed by atoms with Crippen molar-refractivity contribution in [3.05, 3.63) is 59.7 Å². The van der Waals surface area contributed by atoms with E-state index in [1.165, 1.54) is 5.56 Å². The number of aliphatic imine (C=N–C) groups is 1. The highest BCUT2D eigenvalue weighted by molar-refractivity contribution is 5.97. The predicted octanol–water partition coefficient (Wildman–Crippen LogP) is 4.18. The van der Waals surface area contributed by atoms with Gasteiger partial charge in [0.25, 0.3) is 0 Å². The minimum absolute atomic E-state index is 0.589. The molecule has 2 aromatic carbocycles. The Morgan fingerprint density at radius 3 is 2.71 bits per heavy atom. The van der Waals surface area contributed by atoms with E-state index < -0.39 is 0 Å². The summed E-state index contributed by atoms with van der Waals surface area (Å²) >= 11 is 0. The van der Waals surface area contributed by atoms with Gasteiger partial charge in [-0.05, 0) is 31.0 Å². The van der Waals surface area contributed by atoms with Crippen LogP contribution in [0.1, 0.15) is 24.0 Å². The van der Waals surface area contributed by atoms with Crippen molar-refractivity contribution in [2.45, 2.75) is 26.4 Å². The molecule has 0 aliphatic carbocycles. The number of rotatable bonds is 4. The van der Waals surface area contributed by atoms with E-state index in [1.54, 1.807) is 0 Å². The fourth-order valence-electron chi connectivity index (χ4n) is 2.44. The lowest BCUT2D eigenvalue weighted by Crippen LogP contribution is -2.10. The highest BCUT2D eigenvalue weighted by Gasteiger charge is 2.10. The van der Waals surface area contributed by atoms with Crippen LogP contribution < -0.4 is 10.1 Å². The van der Waals surface area contributed by atoms with Crippen LogP contribution >= 0.6 is 0 Å². The molecule has 2 aromatic rings. The summed E-state index contributed by atoms with van der Waals surface area (Å²) in [5.41, 5.74) is 3.39. The summed E-state index contributed by atoms with van der Waals surface area (Å²) in [7, 11) is 0. The summed E-state index contributed by atoms with van der Waals surface area (Å²) in [6, 6.07) is 16.3. The van der Waals surface area contributed by atoms with Gasteiger partial charge in [0, 0.05) is 24.2 Å². The standard InChI is InChI=1S/C18H20N2O/c1-14-16(20-18-11-6-12-19-18)9-5-10-17(14)21-13-15-7-3-2-4-8-15/h2-5,7-10H,6,11-13H2,1H3,(H,19,20). The Bertz CT molecular complexity index is 635. The van der Waals surface area contributed by atoms with E-state index in [0.29, 0.717) is 6.61 Å². The van der Waals surface area contributed by atoms with Crippen LogP contribution in [0.25, 0.3) is 0 Å². The number of hydrogen-bond donors (Lipinski definition) is 1. The van der Waals surface area contributed by atoms with Gasteiger partial charge in [-0.3, -0.25) is 4.99 Å². The van der Waals surface area contributed by atoms with Crippen molar-refractivity contribution >= 4 is 11.5 Å². The van der Waals surface area contributed by atoms with Crippen LogP contribution in [0.3, 0.4) is 0 Å². The Morgan fingerprint density at radius 1 is 1.10 bits per heavy atom. The van der Waals surface area contributed by atoms with Gasteiger partial charge in [-0.1, -0.05) is 36.4 Å². The Labute approximate surface area is 125 Å². The number of nitrogens with zero attached hydrogens (tertiary/aromatic N) is 1. The van der Waals surface area contributed by atoms with E-state index >= 15 is 0 Å². The third kappa shape index (κ3) is 3.43. The molecule has 0 saturated carbocycles. The van der Waals surface area contributed by atoms with Crippen LogP contribution in [0, 0.1) is 6.92 Å². The molecule has 0 atom stereocenters. The highest BCUT2D eigenvalue weighted by atomic mass is 16.5. The lowest BCUT2D eigenvalue weighted by atomic mass is 10.1. The molecular weight excluding hydrogens is 260 g/mol. The zero-order valence-electron chi connectivity index (χ0n) is 12.3. The number of ether oxygens (including phenoxy) is 1. The second-order valence-corrected chi connectivity index (χ2v) is 5.26. The van der Waals surface area contributed by atoms with Crippen molar-refractivity contribution in [3.8, 4) is 5.75 Å². The van der Waals surface area contributed by atoms with Crippen molar-refractivity contribution in [2.24, 2.45) is 4.99 Å². The van der Waals surface area contributed by atoms with Crippen molar-refractivity contribution in [2.75, 3.05) is 11.9 Å². The van der Waals surface area contributed by atoms with E-state index in [9.17, 15) is 0 Å². The molecule has 21 heavy (non-hydrogen) atoms. The van der Waals surface area contributed by atoms with Gasteiger partial charge < -0.3 is 10.1 Å². The van der Waals surface area contributed by atoms with Crippen LogP contribution in [-0.4, -0.2) is 12.4 Å². The Balaban J connectivity index is 1.70. The molecule has 3 heteroatoms. The molecule has 0 spiro atoms. The zero-order valence-corrected chi connectivity index (χ0v) is 12.3. The quantitative estimate of drug-likeness (QED) is 0.911. The van der Waals surface area contributed by atoms with Crippen molar-refractivity contribution < 1.29 is 4.74 Å². The van der Waals surface area contributed by atoms with E-state index in [4.69, 9.17) is 4.74 Å². The first-order valence-corrected chi connectivity index (χ1v) is 7.39. The first-order valence-electron chi connectivity index (χ1n) is 7.39. The summed E-state index contributed by atoms with van der Waals surface area (Å²) in [5, 5.41) is 3.42. The molecule has 0 amide bonds. The molecule has 108 valence electrons. The maximum atomic E-state index is 5.95. The van der Waals surface area contributed by atoms with Gasteiger partial charge in [0.2, 0.25) is 0 Å². The molecule has 0 fully saturated rings. The largest absolute Gasteiger partial charge is 0.489 e. The number of hydrogen-bond acceptors (Lipinski definition) is 3. The summed E-state index contributed by atoms with van der Waals surface area (Å²) in [6.07, 6.45) is 2.18. The maximum Gasteiger partial charge on any atom is 0.124 e. The van der Waals surface area contributed by atoms with E-state index in [2.05, 4.69) is 35.4 Å². The molecule has 0 unspecified atom stereocenters. The Kier molecular flexibility index (Phi) is 4.20. The molecule has 0 bridgehead atoms. The van der Waals surface area contributed by atoms with Gasteiger partial charge in [0.1, 0.15) is 18.2 Å². The summed E-state index contributed by atoms with van der Waals surface area (Å²) in [5.74, 6) is 2.00. The number of benzene rings is 2. The molecular formula is C18H20N2O. The Hall–Kier alpha value is -2.29. The van der Waals surface area contributed by atoms with Crippen molar-refractivity contribution in [1.82, 2.24) is 0 Å². The molecule has 0 saturated heterocycles. The van der Waals surface area contributed by atoms with Crippen LogP contribution in [0.2, 0.25) is 0 Å². The zero-order chi connectivity index (χ0) is 14.5. The molecule has 3 rings (SSSR count). The second-order valence-electron chi connectivity index (χ2n) is 5.26. The molecule has 1 N–H and O–H groups in total. The van der Waals surface area contributed by atoms with Gasteiger partial charge in [-0.15, -0.1) is 0 Å². The second kappa shape index (κ2) is 6.44. The predicted molar refractivity (Wildman–Crippen MR) is 87.1 cm³/mol. The molecule has 1 aliphatic rings. The SMILES string of the molecule is Cc1c(NC2=NCCC2)cccc1OCc1ccccc1. The number of anilines is 1. The van der Waals surface area contributed by atoms with Crippen LogP contribution in [0.15, 0.2) is 53.5 Å². The van der Waals surface area contributed by atoms with Crippen LogP contribution in [0.4, 0.5) is 5.69 Å². The first-order chi connectivity index (χ1) is 10.3. The minimum Gasteiger partial charge on any atom is -0.489 e. The van der Waals surface area contributed by atoms with Gasteiger partial charge in [0.15, 0.2) is 0 Å². The summed E-state index contributed by atoms with van der Waals surface area (Å²) in [4.78, 5) is 4.46. The van der Waals surface area contributed by atoms with E-state index in [0.717, 1.165) is 42.2 Å². The van der Waals surface area contributed by atoms with E-state index in [1.807, 2.05) is 30.3 Å². The van der Waals surface area contributed by atoms with Gasteiger partial charge in [-0.25, -0.2) is 0 Å². The van der Waals surface area contributed by atoms with Crippen molar-refractivity contribution in [3.63, 3.8) is 0 Å². The maximum absolute atomic E-state index is 5.95. The molecule has 1 heterocycles. The fourth-order valence-corrected chi connectivity index (χ4v) is 2.44. The van der Waals surface area contributed by atoms with Gasteiger partial charge >= 0.3 is 0 Å². The molecule has 0 radical (unpaired) electrons. The third-order valence-electron chi connectivity index (χ3n) is 3.67. The molecule has 3 nitrogen and oxygen atoms in total. The first kappa shape index (κ1) is 13.7. The van der Waals surface area contributed by atoms with Gasteiger partial charge in [-0.2, -0.15) is 0 Å². The average Bonchev–Trinajstić information content (AvgIpc) is 3.02. The lowest BCUT2D eigenvalue weighted by Gasteiger charge is -2.14.